The Balaban J connectivity index is 1.49. The number of piperidine rings is 1. The number of hydrogen-bond acceptors (Lipinski definition) is 4. The van der Waals surface area contributed by atoms with Crippen LogP contribution in [0.25, 0.3) is 0 Å². The van der Waals surface area contributed by atoms with E-state index in [1.165, 1.54) is 18.3 Å². The molecule has 2 aromatic carbocycles. The fourth-order valence-corrected chi connectivity index (χ4v) is 4.73. The van der Waals surface area contributed by atoms with E-state index in [2.05, 4.69) is 0 Å². The second-order valence-corrected chi connectivity index (χ2v) is 9.44. The van der Waals surface area contributed by atoms with Crippen molar-refractivity contribution in [2.45, 2.75) is 25.4 Å². The van der Waals surface area contributed by atoms with E-state index in [1.54, 1.807) is 47.2 Å². The van der Waals surface area contributed by atoms with Crippen molar-refractivity contribution in [2.24, 2.45) is 5.92 Å². The molecule has 0 radical (unpaired) electrons. The molecule has 1 fully saturated rings. The molecule has 0 aliphatic carbocycles. The van der Waals surface area contributed by atoms with Crippen LogP contribution in [-0.2, 0) is 16.1 Å². The zero-order valence-electron chi connectivity index (χ0n) is 20.0. The van der Waals surface area contributed by atoms with Gasteiger partial charge in [0.1, 0.15) is 0 Å². The number of nitrogens with zero attached hydrogens (tertiary/aromatic N) is 3. The van der Waals surface area contributed by atoms with Crippen LogP contribution in [0.15, 0.2) is 83.8 Å². The van der Waals surface area contributed by atoms with Crippen molar-refractivity contribution in [3.05, 3.63) is 105 Å². The van der Waals surface area contributed by atoms with Crippen LogP contribution in [0.1, 0.15) is 34.8 Å². The molecule has 2 heterocycles. The Labute approximate surface area is 214 Å². The van der Waals surface area contributed by atoms with Gasteiger partial charge in [-0.3, -0.25) is 23.7 Å². The maximum absolute atomic E-state index is 13.6. The number of carbonyl (C=O) groups is 3. The summed E-state index contributed by atoms with van der Waals surface area (Å²) in [6.07, 6.45) is 2.29. The molecule has 1 aromatic heterocycles. The van der Waals surface area contributed by atoms with Crippen LogP contribution in [0.2, 0.25) is 5.02 Å². The molecule has 186 valence electrons. The van der Waals surface area contributed by atoms with Gasteiger partial charge in [0.05, 0.1) is 5.02 Å². The first-order chi connectivity index (χ1) is 17.3. The summed E-state index contributed by atoms with van der Waals surface area (Å²) in [5.74, 6) is -1.13. The Bertz CT molecular complexity index is 1280. The van der Waals surface area contributed by atoms with Crippen molar-refractivity contribution in [1.29, 1.82) is 0 Å². The Kier molecular flexibility index (Phi) is 8.00. The van der Waals surface area contributed by atoms with Crippen LogP contribution in [-0.4, -0.2) is 52.1 Å². The van der Waals surface area contributed by atoms with Crippen LogP contribution < -0.4 is 5.56 Å². The first-order valence-corrected chi connectivity index (χ1v) is 12.3. The summed E-state index contributed by atoms with van der Waals surface area (Å²) in [5, 5.41) is 0.249. The molecule has 8 heteroatoms. The fourth-order valence-electron chi connectivity index (χ4n) is 4.56. The van der Waals surface area contributed by atoms with E-state index < -0.39 is 23.3 Å². The second-order valence-electron chi connectivity index (χ2n) is 9.01. The number of carbonyl (C=O) groups excluding carboxylic acids is 3. The third-order valence-electron chi connectivity index (χ3n) is 6.52. The van der Waals surface area contributed by atoms with Crippen molar-refractivity contribution in [3.63, 3.8) is 0 Å². The summed E-state index contributed by atoms with van der Waals surface area (Å²) in [4.78, 5) is 56.0. The summed E-state index contributed by atoms with van der Waals surface area (Å²) >= 11 is 6.11. The number of ketones is 1. The van der Waals surface area contributed by atoms with Gasteiger partial charge in [0.2, 0.25) is 5.91 Å². The molecule has 4 rings (SSSR count). The first-order valence-electron chi connectivity index (χ1n) is 11.9. The Morgan fingerprint density at radius 1 is 0.944 bits per heavy atom. The minimum Gasteiger partial charge on any atom is -0.341 e. The van der Waals surface area contributed by atoms with Crippen molar-refractivity contribution in [3.8, 4) is 0 Å². The van der Waals surface area contributed by atoms with Gasteiger partial charge < -0.3 is 9.80 Å². The summed E-state index contributed by atoms with van der Waals surface area (Å²) < 4.78 is 1.10. The molecule has 1 aliphatic heterocycles. The highest BCUT2D eigenvalue weighted by Gasteiger charge is 2.37. The standard InChI is InChI=1S/C28H28ClN3O4/c1-30(18-20-8-4-2-5-9-20)27(35)22-14-16-31(17-15-22)28(36)25(26(34)21-10-6-3-7-11-21)32-19-23(29)12-13-24(32)33/h2-13,19,22,25H,14-18H2,1H3/t25-/m0/s1. The normalized spacial score (nSPS) is 14.8. The number of benzene rings is 2. The summed E-state index contributed by atoms with van der Waals surface area (Å²) in [7, 11) is 1.78. The molecular formula is C28H28ClN3O4. The van der Waals surface area contributed by atoms with Gasteiger partial charge in [0.25, 0.3) is 11.5 Å². The van der Waals surface area contributed by atoms with E-state index >= 15 is 0 Å². The smallest absolute Gasteiger partial charge is 0.253 e. The van der Waals surface area contributed by atoms with Gasteiger partial charge in [-0.1, -0.05) is 72.3 Å². The number of rotatable bonds is 7. The predicted molar refractivity (Wildman–Crippen MR) is 138 cm³/mol. The molecule has 0 bridgehead atoms. The van der Waals surface area contributed by atoms with Crippen molar-refractivity contribution in [2.75, 3.05) is 20.1 Å². The van der Waals surface area contributed by atoms with Gasteiger partial charge in [-0.05, 0) is 24.5 Å². The highest BCUT2D eigenvalue weighted by molar-refractivity contribution is 6.30. The zero-order valence-corrected chi connectivity index (χ0v) is 20.8. The Morgan fingerprint density at radius 2 is 1.56 bits per heavy atom. The molecule has 1 aliphatic rings. The average molecular weight is 506 g/mol. The minimum absolute atomic E-state index is 0.0360. The lowest BCUT2D eigenvalue weighted by atomic mass is 9.94. The summed E-state index contributed by atoms with van der Waals surface area (Å²) in [5.41, 5.74) is 0.889. The topological polar surface area (TPSA) is 79.7 Å². The number of Topliss-reactive ketones (excluding diaryl/α,β-unsaturated/α-hetero) is 1. The molecule has 0 N–H and O–H groups in total. The maximum Gasteiger partial charge on any atom is 0.253 e. The van der Waals surface area contributed by atoms with Crippen LogP contribution in [0.3, 0.4) is 0 Å². The number of pyridine rings is 1. The lowest BCUT2D eigenvalue weighted by Gasteiger charge is -2.35. The Hall–Kier alpha value is -3.71. The van der Waals surface area contributed by atoms with E-state index in [4.69, 9.17) is 11.6 Å². The predicted octanol–water partition coefficient (Wildman–Crippen LogP) is 3.82. The molecule has 0 spiro atoms. The van der Waals surface area contributed by atoms with Crippen molar-refractivity contribution >= 4 is 29.2 Å². The van der Waals surface area contributed by atoms with E-state index in [0.29, 0.717) is 38.0 Å². The third-order valence-corrected chi connectivity index (χ3v) is 6.74. The average Bonchev–Trinajstić information content (AvgIpc) is 2.91. The van der Waals surface area contributed by atoms with E-state index in [0.717, 1.165) is 10.1 Å². The van der Waals surface area contributed by atoms with Crippen LogP contribution in [0.5, 0.6) is 0 Å². The van der Waals surface area contributed by atoms with Crippen molar-refractivity contribution in [1.82, 2.24) is 14.4 Å². The molecule has 2 amide bonds. The van der Waals surface area contributed by atoms with Gasteiger partial charge >= 0.3 is 0 Å². The highest BCUT2D eigenvalue weighted by atomic mass is 35.5. The lowest BCUT2D eigenvalue weighted by Crippen LogP contribution is -2.48. The zero-order chi connectivity index (χ0) is 25.7. The third kappa shape index (κ3) is 5.74. The van der Waals surface area contributed by atoms with Crippen LogP contribution in [0.4, 0.5) is 0 Å². The minimum atomic E-state index is -1.37. The molecule has 1 atom stereocenters. The first kappa shape index (κ1) is 25.4. The quantitative estimate of drug-likeness (QED) is 0.361. The molecule has 3 aromatic rings. The number of hydrogen-bond donors (Lipinski definition) is 0. The SMILES string of the molecule is CN(Cc1ccccc1)C(=O)C1CCN(C(=O)[C@H](C(=O)c2ccccc2)n2cc(Cl)ccc2=O)CC1. The van der Waals surface area contributed by atoms with E-state index in [9.17, 15) is 19.2 Å². The highest BCUT2D eigenvalue weighted by Crippen LogP contribution is 2.24. The monoisotopic (exact) mass is 505 g/mol. The van der Waals surface area contributed by atoms with Gasteiger partial charge in [-0.25, -0.2) is 0 Å². The molecule has 0 saturated carbocycles. The molecular weight excluding hydrogens is 478 g/mol. The van der Waals surface area contributed by atoms with Crippen LogP contribution in [0, 0.1) is 5.92 Å². The second kappa shape index (κ2) is 11.4. The lowest BCUT2D eigenvalue weighted by molar-refractivity contribution is -0.141. The molecule has 1 saturated heterocycles. The maximum atomic E-state index is 13.6. The number of likely N-dealkylation sites (tertiary alicyclic amines) is 1. The Morgan fingerprint density at radius 3 is 2.19 bits per heavy atom. The number of amides is 2. The van der Waals surface area contributed by atoms with Gasteiger partial charge in [-0.2, -0.15) is 0 Å². The fraction of sp³-hybridized carbons (Fsp3) is 0.286. The molecule has 36 heavy (non-hydrogen) atoms. The van der Waals surface area contributed by atoms with Gasteiger partial charge in [-0.15, -0.1) is 0 Å². The summed E-state index contributed by atoms with van der Waals surface area (Å²) in [6, 6.07) is 19.5. The molecule has 0 unspecified atom stereocenters. The number of halogens is 1. The number of aromatic nitrogens is 1. The van der Waals surface area contributed by atoms with Gasteiger partial charge in [0.15, 0.2) is 11.8 Å². The summed E-state index contributed by atoms with van der Waals surface area (Å²) in [6.45, 7) is 1.16. The van der Waals surface area contributed by atoms with Crippen LogP contribution >= 0.6 is 11.6 Å². The van der Waals surface area contributed by atoms with Gasteiger partial charge in [0, 0.05) is 50.4 Å². The largest absolute Gasteiger partial charge is 0.341 e. The van der Waals surface area contributed by atoms with E-state index in [-0.39, 0.29) is 16.8 Å². The molecule has 7 nitrogen and oxygen atoms in total. The van der Waals surface area contributed by atoms with Crippen molar-refractivity contribution < 1.29 is 14.4 Å². The van der Waals surface area contributed by atoms with E-state index in [1.807, 2.05) is 30.3 Å².